The highest BCUT2D eigenvalue weighted by Gasteiger charge is 2.32. The Balaban J connectivity index is 2.51. The molecule has 1 unspecified atom stereocenters. The molecular formula is C14H8Cl2F4O. The number of hydrogen-bond acceptors (Lipinski definition) is 1. The first-order chi connectivity index (χ1) is 9.70. The fraction of sp³-hybridized carbons (Fsp3) is 0.143. The summed E-state index contributed by atoms with van der Waals surface area (Å²) >= 11 is 11.7. The molecule has 0 aliphatic rings. The first-order valence-electron chi connectivity index (χ1n) is 5.70. The van der Waals surface area contributed by atoms with Crippen molar-refractivity contribution in [2.45, 2.75) is 12.3 Å². The lowest BCUT2D eigenvalue weighted by Crippen LogP contribution is -2.09. The van der Waals surface area contributed by atoms with Gasteiger partial charge in [0.1, 0.15) is 11.9 Å². The average Bonchev–Trinajstić information content (AvgIpc) is 2.39. The van der Waals surface area contributed by atoms with E-state index in [-0.39, 0.29) is 21.2 Å². The zero-order valence-electron chi connectivity index (χ0n) is 10.3. The summed E-state index contributed by atoms with van der Waals surface area (Å²) in [5, 5.41) is 10.3. The molecule has 0 aromatic heterocycles. The predicted molar refractivity (Wildman–Crippen MR) is 71.9 cm³/mol. The highest BCUT2D eigenvalue weighted by atomic mass is 35.5. The van der Waals surface area contributed by atoms with Crippen LogP contribution in [0.1, 0.15) is 22.8 Å². The van der Waals surface area contributed by atoms with Gasteiger partial charge in [-0.15, -0.1) is 0 Å². The monoisotopic (exact) mass is 338 g/mol. The molecule has 0 aliphatic carbocycles. The van der Waals surface area contributed by atoms with Crippen LogP contribution < -0.4 is 0 Å². The van der Waals surface area contributed by atoms with Gasteiger partial charge in [-0.1, -0.05) is 35.3 Å². The summed E-state index contributed by atoms with van der Waals surface area (Å²) in [6.45, 7) is 0. The van der Waals surface area contributed by atoms with E-state index < -0.39 is 23.7 Å². The SMILES string of the molecule is OC(c1cc(F)cc(C(F)(F)F)c1)c1cccc(Cl)c1Cl. The summed E-state index contributed by atoms with van der Waals surface area (Å²) in [6.07, 6.45) is -6.23. The Kier molecular flexibility index (Phi) is 4.46. The van der Waals surface area contributed by atoms with E-state index in [0.29, 0.717) is 12.1 Å². The predicted octanol–water partition coefficient (Wildman–Crippen LogP) is 5.23. The fourth-order valence-corrected chi connectivity index (χ4v) is 2.26. The van der Waals surface area contributed by atoms with E-state index in [9.17, 15) is 22.7 Å². The summed E-state index contributed by atoms with van der Waals surface area (Å²) in [5.41, 5.74) is -1.34. The maximum atomic E-state index is 13.3. The van der Waals surface area contributed by atoms with Crippen LogP contribution in [-0.4, -0.2) is 5.11 Å². The normalized spacial score (nSPS) is 13.3. The lowest BCUT2D eigenvalue weighted by molar-refractivity contribution is -0.137. The van der Waals surface area contributed by atoms with Crippen LogP contribution in [0.3, 0.4) is 0 Å². The van der Waals surface area contributed by atoms with Crippen LogP contribution in [0, 0.1) is 5.82 Å². The van der Waals surface area contributed by atoms with Crippen molar-refractivity contribution >= 4 is 23.2 Å². The van der Waals surface area contributed by atoms with E-state index in [2.05, 4.69) is 0 Å². The van der Waals surface area contributed by atoms with Crippen molar-refractivity contribution in [3.63, 3.8) is 0 Å². The minimum absolute atomic E-state index is 0.00415. The van der Waals surface area contributed by atoms with Crippen molar-refractivity contribution in [2.24, 2.45) is 0 Å². The van der Waals surface area contributed by atoms with Gasteiger partial charge in [-0.2, -0.15) is 13.2 Å². The molecule has 1 N–H and O–H groups in total. The fourth-order valence-electron chi connectivity index (χ4n) is 1.85. The number of hydrogen-bond donors (Lipinski definition) is 1. The van der Waals surface area contributed by atoms with E-state index >= 15 is 0 Å². The summed E-state index contributed by atoms with van der Waals surface area (Å²) in [7, 11) is 0. The number of aliphatic hydroxyl groups is 1. The van der Waals surface area contributed by atoms with Crippen molar-refractivity contribution in [2.75, 3.05) is 0 Å². The Bertz CT molecular complexity index is 671. The van der Waals surface area contributed by atoms with E-state index in [1.54, 1.807) is 0 Å². The molecule has 2 aromatic carbocycles. The van der Waals surface area contributed by atoms with Crippen molar-refractivity contribution in [3.05, 3.63) is 69.0 Å². The maximum absolute atomic E-state index is 13.3. The maximum Gasteiger partial charge on any atom is 0.416 e. The minimum Gasteiger partial charge on any atom is -0.384 e. The van der Waals surface area contributed by atoms with Crippen LogP contribution in [0.4, 0.5) is 17.6 Å². The summed E-state index contributed by atoms with van der Waals surface area (Å²) in [5.74, 6) is -1.10. The van der Waals surface area contributed by atoms with Crippen LogP contribution in [-0.2, 0) is 6.18 Å². The molecule has 7 heteroatoms. The molecule has 0 saturated heterocycles. The van der Waals surface area contributed by atoms with Crippen molar-refractivity contribution in [1.82, 2.24) is 0 Å². The Labute approximate surface area is 127 Å². The number of halogens is 6. The lowest BCUT2D eigenvalue weighted by atomic mass is 9.99. The molecule has 0 heterocycles. The Hall–Kier alpha value is -1.30. The van der Waals surface area contributed by atoms with Crippen LogP contribution in [0.25, 0.3) is 0 Å². The zero-order chi connectivity index (χ0) is 15.8. The Morgan fingerprint density at radius 3 is 2.33 bits per heavy atom. The van der Waals surface area contributed by atoms with Crippen molar-refractivity contribution in [1.29, 1.82) is 0 Å². The lowest BCUT2D eigenvalue weighted by Gasteiger charge is -2.16. The van der Waals surface area contributed by atoms with E-state index in [0.717, 1.165) is 6.07 Å². The van der Waals surface area contributed by atoms with Gasteiger partial charge in [-0.25, -0.2) is 4.39 Å². The Morgan fingerprint density at radius 1 is 1.05 bits per heavy atom. The molecule has 0 amide bonds. The third-order valence-electron chi connectivity index (χ3n) is 2.84. The standard InChI is InChI=1S/C14H8Cl2F4O/c15-11-3-1-2-10(12(11)16)13(21)7-4-8(14(18,19)20)6-9(17)5-7/h1-6,13,21H. The van der Waals surface area contributed by atoms with Gasteiger partial charge in [0.2, 0.25) is 0 Å². The minimum atomic E-state index is -4.71. The van der Waals surface area contributed by atoms with E-state index in [1.165, 1.54) is 18.2 Å². The molecule has 0 aliphatic heterocycles. The molecule has 1 nitrogen and oxygen atoms in total. The third kappa shape index (κ3) is 3.48. The Morgan fingerprint density at radius 2 is 1.71 bits per heavy atom. The number of aliphatic hydroxyl groups excluding tert-OH is 1. The summed E-state index contributed by atoms with van der Waals surface area (Å²) in [6, 6.07) is 6.19. The summed E-state index contributed by atoms with van der Waals surface area (Å²) < 4.78 is 51.3. The van der Waals surface area contributed by atoms with Crippen LogP contribution >= 0.6 is 23.2 Å². The molecule has 0 fully saturated rings. The smallest absolute Gasteiger partial charge is 0.384 e. The molecular weight excluding hydrogens is 331 g/mol. The second-order valence-electron chi connectivity index (χ2n) is 4.32. The molecule has 0 spiro atoms. The van der Waals surface area contributed by atoms with Gasteiger partial charge in [0.05, 0.1) is 15.6 Å². The molecule has 0 radical (unpaired) electrons. The first-order valence-corrected chi connectivity index (χ1v) is 6.45. The van der Waals surface area contributed by atoms with Gasteiger partial charge in [0.15, 0.2) is 0 Å². The number of alkyl halides is 3. The van der Waals surface area contributed by atoms with E-state index in [1.807, 2.05) is 0 Å². The largest absolute Gasteiger partial charge is 0.416 e. The van der Waals surface area contributed by atoms with Gasteiger partial charge in [0, 0.05) is 5.56 Å². The number of benzene rings is 2. The van der Waals surface area contributed by atoms with Crippen LogP contribution in [0.2, 0.25) is 10.0 Å². The van der Waals surface area contributed by atoms with Crippen LogP contribution in [0.5, 0.6) is 0 Å². The van der Waals surface area contributed by atoms with Gasteiger partial charge >= 0.3 is 6.18 Å². The second-order valence-corrected chi connectivity index (χ2v) is 5.10. The van der Waals surface area contributed by atoms with Crippen molar-refractivity contribution < 1.29 is 22.7 Å². The topological polar surface area (TPSA) is 20.2 Å². The van der Waals surface area contributed by atoms with Gasteiger partial charge in [-0.3, -0.25) is 0 Å². The molecule has 1 atom stereocenters. The highest BCUT2D eigenvalue weighted by Crippen LogP contribution is 2.36. The van der Waals surface area contributed by atoms with E-state index in [4.69, 9.17) is 23.2 Å². The van der Waals surface area contributed by atoms with Gasteiger partial charge in [-0.05, 0) is 29.8 Å². The van der Waals surface area contributed by atoms with Gasteiger partial charge in [0.25, 0.3) is 0 Å². The zero-order valence-corrected chi connectivity index (χ0v) is 11.8. The average molecular weight is 339 g/mol. The number of rotatable bonds is 2. The van der Waals surface area contributed by atoms with Crippen molar-refractivity contribution in [3.8, 4) is 0 Å². The van der Waals surface area contributed by atoms with Gasteiger partial charge < -0.3 is 5.11 Å². The third-order valence-corrected chi connectivity index (χ3v) is 3.67. The molecule has 2 rings (SSSR count). The summed E-state index contributed by atoms with van der Waals surface area (Å²) in [4.78, 5) is 0. The van der Waals surface area contributed by atoms with Crippen LogP contribution in [0.15, 0.2) is 36.4 Å². The molecule has 0 saturated carbocycles. The molecule has 112 valence electrons. The molecule has 0 bridgehead atoms. The first kappa shape index (κ1) is 16.1. The molecule has 2 aromatic rings. The molecule has 21 heavy (non-hydrogen) atoms. The quantitative estimate of drug-likeness (QED) is 0.743. The highest BCUT2D eigenvalue weighted by molar-refractivity contribution is 6.42. The second kappa shape index (κ2) is 5.83.